The van der Waals surface area contributed by atoms with E-state index >= 15 is 0 Å². The summed E-state index contributed by atoms with van der Waals surface area (Å²) in [6.45, 7) is 3.77. The van der Waals surface area contributed by atoms with Crippen LogP contribution in [0, 0.1) is 0 Å². The average molecular weight is 290 g/mol. The fraction of sp³-hybridized carbons (Fsp3) is 0.600. The van der Waals surface area contributed by atoms with Crippen LogP contribution in [-0.2, 0) is 9.53 Å². The normalized spacial score (nSPS) is 23.1. The van der Waals surface area contributed by atoms with Gasteiger partial charge in [0.15, 0.2) is 0 Å². The second-order valence-corrected chi connectivity index (χ2v) is 5.62. The van der Waals surface area contributed by atoms with Crippen LogP contribution < -0.4 is 10.6 Å². The van der Waals surface area contributed by atoms with Gasteiger partial charge in [0, 0.05) is 32.8 Å². The Balaban J connectivity index is 1.54. The zero-order valence-electron chi connectivity index (χ0n) is 12.2. The van der Waals surface area contributed by atoms with Crippen molar-refractivity contribution in [2.45, 2.75) is 25.4 Å². The molecule has 6 nitrogen and oxygen atoms in total. The van der Waals surface area contributed by atoms with Crippen LogP contribution >= 0.6 is 0 Å². The highest BCUT2D eigenvalue weighted by molar-refractivity contribution is 5.81. The molecule has 114 valence electrons. The highest BCUT2D eigenvalue weighted by Gasteiger charge is 2.29. The predicted molar refractivity (Wildman–Crippen MR) is 81.0 cm³/mol. The van der Waals surface area contributed by atoms with Crippen LogP contribution in [-0.4, -0.2) is 54.7 Å². The lowest BCUT2D eigenvalue weighted by atomic mass is 10.1. The highest BCUT2D eigenvalue weighted by Crippen LogP contribution is 2.18. The maximum absolute atomic E-state index is 12.4. The lowest BCUT2D eigenvalue weighted by molar-refractivity contribution is -0.146. The summed E-state index contributed by atoms with van der Waals surface area (Å²) in [7, 11) is 0. The summed E-state index contributed by atoms with van der Waals surface area (Å²) in [4.78, 5) is 20.8. The molecule has 1 aromatic heterocycles. The van der Waals surface area contributed by atoms with Crippen molar-refractivity contribution in [1.29, 1.82) is 0 Å². The predicted octanol–water partition coefficient (Wildman–Crippen LogP) is 0.881. The molecule has 3 heterocycles. The number of piperazine rings is 1. The van der Waals surface area contributed by atoms with Gasteiger partial charge in [-0.1, -0.05) is 0 Å². The van der Waals surface area contributed by atoms with E-state index in [1.165, 1.54) is 0 Å². The topological polar surface area (TPSA) is 71.7 Å². The molecule has 1 unspecified atom stereocenters. The maximum Gasteiger partial charge on any atom is 0.251 e. The molecule has 3 rings (SSSR count). The first kappa shape index (κ1) is 14.1. The standard InChI is InChI=1S/C15H22N4O2/c16-12-4-5-14(17-11-12)18-6-8-19(9-7-18)15(20)13-3-1-2-10-21-13/h4-5,11,13H,1-3,6-10,16H2. The van der Waals surface area contributed by atoms with E-state index in [1.54, 1.807) is 6.20 Å². The van der Waals surface area contributed by atoms with Crippen LogP contribution in [0.2, 0.25) is 0 Å². The van der Waals surface area contributed by atoms with Gasteiger partial charge in [-0.2, -0.15) is 0 Å². The Bertz CT molecular complexity index is 477. The molecular formula is C15H22N4O2. The summed E-state index contributed by atoms with van der Waals surface area (Å²) < 4.78 is 5.59. The Morgan fingerprint density at radius 1 is 1.24 bits per heavy atom. The molecule has 0 spiro atoms. The van der Waals surface area contributed by atoms with E-state index in [9.17, 15) is 4.79 Å². The monoisotopic (exact) mass is 290 g/mol. The van der Waals surface area contributed by atoms with Gasteiger partial charge in [-0.05, 0) is 31.4 Å². The largest absolute Gasteiger partial charge is 0.397 e. The number of carbonyl (C=O) groups is 1. The SMILES string of the molecule is Nc1ccc(N2CCN(C(=O)C3CCCCO3)CC2)nc1. The van der Waals surface area contributed by atoms with Gasteiger partial charge in [0.25, 0.3) is 5.91 Å². The number of nitrogen functional groups attached to an aromatic ring is 1. The molecule has 2 aliphatic rings. The van der Waals surface area contributed by atoms with Crippen molar-refractivity contribution < 1.29 is 9.53 Å². The lowest BCUT2D eigenvalue weighted by Crippen LogP contribution is -2.52. The van der Waals surface area contributed by atoms with Gasteiger partial charge < -0.3 is 20.3 Å². The first-order chi connectivity index (χ1) is 10.2. The molecule has 0 aromatic carbocycles. The van der Waals surface area contributed by atoms with E-state index < -0.39 is 0 Å². The Hall–Kier alpha value is -1.82. The molecule has 21 heavy (non-hydrogen) atoms. The molecule has 0 bridgehead atoms. The summed E-state index contributed by atoms with van der Waals surface area (Å²) in [6, 6.07) is 3.78. The van der Waals surface area contributed by atoms with Gasteiger partial charge in [0.1, 0.15) is 11.9 Å². The molecule has 0 saturated carbocycles. The van der Waals surface area contributed by atoms with Crippen molar-refractivity contribution in [2.24, 2.45) is 0 Å². The number of hydrogen-bond donors (Lipinski definition) is 1. The molecule has 2 N–H and O–H groups in total. The van der Waals surface area contributed by atoms with Crippen LogP contribution in [0.4, 0.5) is 11.5 Å². The van der Waals surface area contributed by atoms with Gasteiger partial charge in [-0.15, -0.1) is 0 Å². The van der Waals surface area contributed by atoms with E-state index in [2.05, 4.69) is 9.88 Å². The summed E-state index contributed by atoms with van der Waals surface area (Å²) in [5.74, 6) is 1.07. The summed E-state index contributed by atoms with van der Waals surface area (Å²) >= 11 is 0. The molecule has 2 aliphatic heterocycles. The zero-order valence-corrected chi connectivity index (χ0v) is 12.2. The van der Waals surface area contributed by atoms with E-state index in [1.807, 2.05) is 17.0 Å². The van der Waals surface area contributed by atoms with Crippen LogP contribution in [0.3, 0.4) is 0 Å². The summed E-state index contributed by atoms with van der Waals surface area (Å²) in [6.07, 6.45) is 4.47. The summed E-state index contributed by atoms with van der Waals surface area (Å²) in [5, 5.41) is 0. The number of pyridine rings is 1. The van der Waals surface area contributed by atoms with E-state index in [0.29, 0.717) is 12.3 Å². The number of aromatic nitrogens is 1. The minimum absolute atomic E-state index is 0.152. The van der Waals surface area contributed by atoms with Gasteiger partial charge in [-0.3, -0.25) is 4.79 Å². The van der Waals surface area contributed by atoms with Crippen molar-refractivity contribution in [3.63, 3.8) is 0 Å². The third-order valence-corrected chi connectivity index (χ3v) is 4.14. The molecule has 6 heteroatoms. The number of ether oxygens (including phenoxy) is 1. The van der Waals surface area contributed by atoms with E-state index in [4.69, 9.17) is 10.5 Å². The van der Waals surface area contributed by atoms with Crippen LogP contribution in [0.1, 0.15) is 19.3 Å². The lowest BCUT2D eigenvalue weighted by Gasteiger charge is -2.37. The molecule has 2 fully saturated rings. The Morgan fingerprint density at radius 3 is 2.67 bits per heavy atom. The van der Waals surface area contributed by atoms with E-state index in [0.717, 1.165) is 51.3 Å². The minimum atomic E-state index is -0.222. The average Bonchev–Trinajstić information content (AvgIpc) is 2.56. The number of rotatable bonds is 2. The number of hydrogen-bond acceptors (Lipinski definition) is 5. The first-order valence-electron chi connectivity index (χ1n) is 7.61. The molecular weight excluding hydrogens is 268 g/mol. The van der Waals surface area contributed by atoms with Gasteiger partial charge in [-0.25, -0.2) is 4.98 Å². The maximum atomic E-state index is 12.4. The van der Waals surface area contributed by atoms with Crippen molar-refractivity contribution in [1.82, 2.24) is 9.88 Å². The third-order valence-electron chi connectivity index (χ3n) is 4.14. The van der Waals surface area contributed by atoms with Crippen molar-refractivity contribution >= 4 is 17.4 Å². The number of amides is 1. The Morgan fingerprint density at radius 2 is 2.05 bits per heavy atom. The van der Waals surface area contributed by atoms with E-state index in [-0.39, 0.29) is 12.0 Å². The highest BCUT2D eigenvalue weighted by atomic mass is 16.5. The third kappa shape index (κ3) is 3.26. The van der Waals surface area contributed by atoms with Crippen molar-refractivity contribution in [3.05, 3.63) is 18.3 Å². The number of anilines is 2. The van der Waals surface area contributed by atoms with Gasteiger partial charge >= 0.3 is 0 Å². The second-order valence-electron chi connectivity index (χ2n) is 5.62. The molecule has 1 aromatic rings. The quantitative estimate of drug-likeness (QED) is 0.875. The molecule has 1 atom stereocenters. The fourth-order valence-corrected chi connectivity index (χ4v) is 2.88. The summed E-state index contributed by atoms with van der Waals surface area (Å²) in [5.41, 5.74) is 6.32. The second kappa shape index (κ2) is 6.30. The molecule has 2 saturated heterocycles. The Labute approximate surface area is 124 Å². The van der Waals surface area contributed by atoms with Crippen molar-refractivity contribution in [3.8, 4) is 0 Å². The minimum Gasteiger partial charge on any atom is -0.397 e. The van der Waals surface area contributed by atoms with Crippen LogP contribution in [0.15, 0.2) is 18.3 Å². The van der Waals surface area contributed by atoms with Crippen LogP contribution in [0.5, 0.6) is 0 Å². The number of nitrogens with two attached hydrogens (primary N) is 1. The van der Waals surface area contributed by atoms with Gasteiger partial charge in [0.05, 0.1) is 11.9 Å². The number of carbonyl (C=O) groups excluding carboxylic acids is 1. The first-order valence-corrected chi connectivity index (χ1v) is 7.61. The fourth-order valence-electron chi connectivity index (χ4n) is 2.88. The zero-order chi connectivity index (χ0) is 14.7. The Kier molecular flexibility index (Phi) is 4.24. The number of nitrogens with zero attached hydrogens (tertiary/aromatic N) is 3. The molecule has 0 radical (unpaired) electrons. The van der Waals surface area contributed by atoms with Crippen LogP contribution in [0.25, 0.3) is 0 Å². The smallest absolute Gasteiger partial charge is 0.251 e. The molecule has 0 aliphatic carbocycles. The van der Waals surface area contributed by atoms with Gasteiger partial charge in [0.2, 0.25) is 0 Å². The van der Waals surface area contributed by atoms with Crippen molar-refractivity contribution in [2.75, 3.05) is 43.4 Å². The molecule has 1 amide bonds.